The first-order valence-electron chi connectivity index (χ1n) is 6.07. The molecule has 0 fully saturated rings. The van der Waals surface area contributed by atoms with E-state index in [0.717, 1.165) is 15.7 Å². The fourth-order valence-corrected chi connectivity index (χ4v) is 2.71. The summed E-state index contributed by atoms with van der Waals surface area (Å²) in [5.41, 5.74) is 1.85. The molecule has 0 aromatic carbocycles. The van der Waals surface area contributed by atoms with Crippen LogP contribution in [0, 0.1) is 0 Å². The molecule has 1 aromatic rings. The molecule has 0 saturated heterocycles. The second-order valence-electron chi connectivity index (χ2n) is 5.35. The Hall–Kier alpha value is -0.140. The summed E-state index contributed by atoms with van der Waals surface area (Å²) in [5.74, 6) is 0. The minimum absolute atomic E-state index is 0.0988. The first-order valence-corrected chi connectivity index (χ1v) is 8.01. The van der Waals surface area contributed by atoms with Crippen molar-refractivity contribution in [2.24, 2.45) is 0 Å². The Labute approximate surface area is 126 Å². The predicted molar refractivity (Wildman–Crippen MR) is 82.1 cm³/mol. The maximum atomic E-state index is 12.1. The fourth-order valence-electron chi connectivity index (χ4n) is 1.55. The van der Waals surface area contributed by atoms with Gasteiger partial charge in [0.2, 0.25) is 0 Å². The van der Waals surface area contributed by atoms with Crippen LogP contribution in [0.3, 0.4) is 0 Å². The molecule has 1 rings (SSSR count). The highest BCUT2D eigenvalue weighted by Gasteiger charge is 2.29. The molecular formula is C13H21BrN2O2S. The standard InChI is InChI=1S/C13H21BrN2O2S/c1-9(16-19(17)13(2,3)4)12-10(8-18-5)6-11(14)7-15-12/h6-7,9,16H,8H2,1-5H3/t9-,19?/m0/s1. The molecule has 1 unspecified atom stereocenters. The molecule has 0 aliphatic heterocycles. The Bertz CT molecular complexity index is 424. The zero-order valence-electron chi connectivity index (χ0n) is 12.0. The Morgan fingerprint density at radius 2 is 2.16 bits per heavy atom. The van der Waals surface area contributed by atoms with E-state index in [4.69, 9.17) is 4.74 Å². The normalized spacial score (nSPS) is 15.3. The van der Waals surface area contributed by atoms with Gasteiger partial charge in [-0.2, -0.15) is 0 Å². The van der Waals surface area contributed by atoms with Gasteiger partial charge in [0, 0.05) is 34.7 Å². The van der Waals surface area contributed by atoms with Crippen LogP contribution in [-0.4, -0.2) is 21.4 Å². The van der Waals surface area contributed by atoms with Gasteiger partial charge in [-0.05, 0) is 49.7 Å². The zero-order valence-corrected chi connectivity index (χ0v) is 14.4. The average molecular weight is 349 g/mol. The molecule has 6 heteroatoms. The summed E-state index contributed by atoms with van der Waals surface area (Å²) in [4.78, 5) is 4.41. The molecule has 0 spiro atoms. The Kier molecular flexibility index (Phi) is 6.26. The molecule has 0 aliphatic rings. The molecule has 0 bridgehead atoms. The maximum absolute atomic E-state index is 12.1. The number of nitrogens with one attached hydrogen (secondary N) is 1. The third-order valence-electron chi connectivity index (χ3n) is 2.52. The predicted octanol–water partition coefficient (Wildman–Crippen LogP) is 3.10. The number of methoxy groups -OCH3 is 1. The van der Waals surface area contributed by atoms with Crippen molar-refractivity contribution in [3.63, 3.8) is 0 Å². The van der Waals surface area contributed by atoms with Crippen molar-refractivity contribution in [1.82, 2.24) is 9.71 Å². The third kappa shape index (κ3) is 5.04. The highest BCUT2D eigenvalue weighted by Crippen LogP contribution is 2.23. The van der Waals surface area contributed by atoms with Crippen molar-refractivity contribution in [2.75, 3.05) is 7.11 Å². The number of nitrogens with zero attached hydrogens (tertiary/aromatic N) is 1. The topological polar surface area (TPSA) is 57.2 Å². The van der Waals surface area contributed by atoms with Gasteiger partial charge in [0.25, 0.3) is 0 Å². The van der Waals surface area contributed by atoms with E-state index in [1.807, 2.05) is 33.8 Å². The van der Waals surface area contributed by atoms with Crippen molar-refractivity contribution in [3.05, 3.63) is 28.0 Å². The Balaban J connectivity index is 2.90. The van der Waals surface area contributed by atoms with Gasteiger partial charge in [-0.25, -0.2) is 0 Å². The van der Waals surface area contributed by atoms with E-state index in [1.54, 1.807) is 13.3 Å². The van der Waals surface area contributed by atoms with Crippen LogP contribution in [-0.2, 0) is 22.7 Å². The van der Waals surface area contributed by atoms with Crippen LogP contribution in [0.1, 0.15) is 45.0 Å². The van der Waals surface area contributed by atoms with Crippen molar-refractivity contribution in [1.29, 1.82) is 0 Å². The molecule has 0 saturated carbocycles. The minimum Gasteiger partial charge on any atom is -0.598 e. The van der Waals surface area contributed by atoms with Crippen LogP contribution in [0.25, 0.3) is 0 Å². The average Bonchev–Trinajstić information content (AvgIpc) is 2.28. The monoisotopic (exact) mass is 348 g/mol. The first kappa shape index (κ1) is 16.9. The van der Waals surface area contributed by atoms with Crippen molar-refractivity contribution in [2.45, 2.75) is 45.1 Å². The van der Waals surface area contributed by atoms with Crippen LogP contribution in [0.4, 0.5) is 0 Å². The highest BCUT2D eigenvalue weighted by atomic mass is 79.9. The molecule has 4 nitrogen and oxygen atoms in total. The zero-order chi connectivity index (χ0) is 14.6. The number of hydrogen-bond acceptors (Lipinski definition) is 4. The number of aromatic nitrogens is 1. The van der Waals surface area contributed by atoms with Gasteiger partial charge in [-0.1, -0.05) is 0 Å². The van der Waals surface area contributed by atoms with E-state index < -0.39 is 11.4 Å². The second-order valence-corrected chi connectivity index (χ2v) is 8.27. The van der Waals surface area contributed by atoms with Crippen LogP contribution in [0.5, 0.6) is 0 Å². The molecule has 0 amide bonds. The summed E-state index contributed by atoms with van der Waals surface area (Å²) >= 11 is 2.27. The molecule has 2 atom stereocenters. The lowest BCUT2D eigenvalue weighted by Crippen LogP contribution is -2.41. The lowest BCUT2D eigenvalue weighted by atomic mass is 10.1. The maximum Gasteiger partial charge on any atom is 0.136 e. The van der Waals surface area contributed by atoms with E-state index in [1.165, 1.54) is 0 Å². The van der Waals surface area contributed by atoms with Gasteiger partial charge in [-0.15, -0.1) is 4.72 Å². The van der Waals surface area contributed by atoms with Crippen molar-refractivity contribution < 1.29 is 9.29 Å². The second kappa shape index (κ2) is 7.04. The number of pyridine rings is 1. The molecule has 1 heterocycles. The van der Waals surface area contributed by atoms with Crippen molar-refractivity contribution >= 4 is 27.3 Å². The first-order chi connectivity index (χ1) is 8.75. The summed E-state index contributed by atoms with van der Waals surface area (Å²) in [7, 11) is 1.65. The Morgan fingerprint density at radius 3 is 2.68 bits per heavy atom. The van der Waals surface area contributed by atoms with E-state index in [-0.39, 0.29) is 10.8 Å². The molecule has 19 heavy (non-hydrogen) atoms. The van der Waals surface area contributed by atoms with Crippen LogP contribution in [0.15, 0.2) is 16.7 Å². The lowest BCUT2D eigenvalue weighted by Gasteiger charge is -2.26. The van der Waals surface area contributed by atoms with E-state index in [9.17, 15) is 4.55 Å². The summed E-state index contributed by atoms with van der Waals surface area (Å²) in [6.45, 7) is 8.25. The van der Waals surface area contributed by atoms with Crippen LogP contribution >= 0.6 is 15.9 Å². The molecule has 0 radical (unpaired) electrons. The summed E-state index contributed by atoms with van der Waals surface area (Å²) in [5, 5.41) is 0. The minimum atomic E-state index is -1.13. The van der Waals surface area contributed by atoms with Gasteiger partial charge in [-0.3, -0.25) is 4.98 Å². The SMILES string of the molecule is COCc1cc(Br)cnc1[C@H](C)N[S+]([O-])C(C)(C)C. The van der Waals surface area contributed by atoms with E-state index >= 15 is 0 Å². The van der Waals surface area contributed by atoms with E-state index in [0.29, 0.717) is 6.61 Å². The fraction of sp³-hybridized carbons (Fsp3) is 0.615. The largest absolute Gasteiger partial charge is 0.598 e. The summed E-state index contributed by atoms with van der Waals surface area (Å²) < 4.78 is 21.0. The number of halogens is 1. The summed E-state index contributed by atoms with van der Waals surface area (Å²) in [6.07, 6.45) is 1.74. The summed E-state index contributed by atoms with van der Waals surface area (Å²) in [6, 6.07) is 1.88. The van der Waals surface area contributed by atoms with Gasteiger partial charge >= 0.3 is 0 Å². The third-order valence-corrected chi connectivity index (χ3v) is 4.63. The molecule has 1 N–H and O–H groups in total. The quantitative estimate of drug-likeness (QED) is 0.830. The Morgan fingerprint density at radius 1 is 1.53 bits per heavy atom. The van der Waals surface area contributed by atoms with Crippen LogP contribution in [0.2, 0.25) is 0 Å². The highest BCUT2D eigenvalue weighted by molar-refractivity contribution is 9.10. The van der Waals surface area contributed by atoms with Gasteiger partial charge in [0.15, 0.2) is 0 Å². The van der Waals surface area contributed by atoms with Gasteiger partial charge < -0.3 is 9.29 Å². The molecular weight excluding hydrogens is 328 g/mol. The lowest BCUT2D eigenvalue weighted by molar-refractivity contribution is 0.183. The van der Waals surface area contributed by atoms with Gasteiger partial charge in [0.05, 0.1) is 18.3 Å². The van der Waals surface area contributed by atoms with Gasteiger partial charge in [0.1, 0.15) is 4.75 Å². The number of ether oxygens (including phenoxy) is 1. The molecule has 108 valence electrons. The molecule has 1 aromatic heterocycles. The van der Waals surface area contributed by atoms with E-state index in [2.05, 4.69) is 25.6 Å². The van der Waals surface area contributed by atoms with Crippen molar-refractivity contribution in [3.8, 4) is 0 Å². The number of hydrogen-bond donors (Lipinski definition) is 1. The molecule has 0 aliphatic carbocycles. The number of rotatable bonds is 5. The van der Waals surface area contributed by atoms with Crippen LogP contribution < -0.4 is 4.72 Å². The smallest absolute Gasteiger partial charge is 0.136 e.